The molecule has 0 aliphatic carbocycles. The van der Waals surface area contributed by atoms with Gasteiger partial charge in [0.15, 0.2) is 0 Å². The van der Waals surface area contributed by atoms with Gasteiger partial charge in [-0.1, -0.05) is 23.7 Å². The van der Waals surface area contributed by atoms with Crippen LogP contribution < -0.4 is 5.32 Å². The van der Waals surface area contributed by atoms with Crippen molar-refractivity contribution in [2.24, 2.45) is 0 Å². The van der Waals surface area contributed by atoms with Crippen LogP contribution in [0, 0.1) is 0 Å². The van der Waals surface area contributed by atoms with Crippen LogP contribution in [0.25, 0.3) is 0 Å². The molecular weight excluding hydrogens is 304 g/mol. The number of hydrogen-bond acceptors (Lipinski definition) is 3. The lowest BCUT2D eigenvalue weighted by Crippen LogP contribution is -2.41. The quantitative estimate of drug-likeness (QED) is 0.841. The zero-order chi connectivity index (χ0) is 16.9. The van der Waals surface area contributed by atoms with Gasteiger partial charge in [0.05, 0.1) is 18.1 Å². The normalized spacial score (nSPS) is 12.6. The molecule has 0 radical (unpaired) electrons. The molecule has 5 nitrogen and oxygen atoms in total. The monoisotopic (exact) mass is 326 g/mol. The largest absolute Gasteiger partial charge is 0.389 e. The molecular formula is C16H23ClN2O3. The van der Waals surface area contributed by atoms with E-state index < -0.39 is 11.6 Å². The zero-order valence-corrected chi connectivity index (χ0v) is 14.1. The van der Waals surface area contributed by atoms with Gasteiger partial charge in [-0.15, -0.1) is 0 Å². The van der Waals surface area contributed by atoms with Gasteiger partial charge in [-0.2, -0.15) is 0 Å². The Morgan fingerprint density at radius 1 is 1.32 bits per heavy atom. The first-order chi connectivity index (χ1) is 10.1. The first-order valence-electron chi connectivity index (χ1n) is 7.07. The van der Waals surface area contributed by atoms with Crippen LogP contribution in [0.15, 0.2) is 24.3 Å². The Balaban J connectivity index is 2.83. The molecule has 122 valence electrons. The summed E-state index contributed by atoms with van der Waals surface area (Å²) in [6, 6.07) is 6.58. The van der Waals surface area contributed by atoms with Crippen molar-refractivity contribution < 1.29 is 14.7 Å². The molecule has 0 heterocycles. The second-order valence-corrected chi connectivity index (χ2v) is 6.51. The predicted molar refractivity (Wildman–Crippen MR) is 86.6 cm³/mol. The molecule has 22 heavy (non-hydrogen) atoms. The molecule has 0 aromatic heterocycles. The fraction of sp³-hybridized carbons (Fsp3) is 0.500. The molecule has 1 aromatic carbocycles. The molecule has 0 saturated heterocycles. The topological polar surface area (TPSA) is 69.6 Å². The summed E-state index contributed by atoms with van der Waals surface area (Å²) in [5.41, 5.74) is -0.154. The van der Waals surface area contributed by atoms with Crippen molar-refractivity contribution in [1.29, 1.82) is 0 Å². The van der Waals surface area contributed by atoms with E-state index in [9.17, 15) is 14.7 Å². The number of benzene rings is 1. The Bertz CT molecular complexity index is 523. The first-order valence-corrected chi connectivity index (χ1v) is 7.45. The molecule has 2 N–H and O–H groups in total. The standard InChI is InChI=1S/C16H23ClN2O3/c1-11(20)18-14(12-5-7-13(17)8-6-12)9-15(21)19(4)10-16(2,3)22/h5-8,14,22H,9-10H2,1-4H3,(H,18,20). The average Bonchev–Trinajstić information content (AvgIpc) is 2.36. The van der Waals surface area contributed by atoms with Crippen molar-refractivity contribution >= 4 is 23.4 Å². The number of rotatable bonds is 6. The first kappa shape index (κ1) is 18.5. The number of carbonyl (C=O) groups is 2. The smallest absolute Gasteiger partial charge is 0.224 e. The van der Waals surface area contributed by atoms with Crippen molar-refractivity contribution in [2.75, 3.05) is 13.6 Å². The Morgan fingerprint density at radius 2 is 1.86 bits per heavy atom. The van der Waals surface area contributed by atoms with Gasteiger partial charge < -0.3 is 15.3 Å². The van der Waals surface area contributed by atoms with E-state index in [0.29, 0.717) is 5.02 Å². The Morgan fingerprint density at radius 3 is 2.32 bits per heavy atom. The Hall–Kier alpha value is -1.59. The third-order valence-electron chi connectivity index (χ3n) is 3.08. The third-order valence-corrected chi connectivity index (χ3v) is 3.33. The fourth-order valence-electron chi connectivity index (χ4n) is 2.19. The van der Waals surface area contributed by atoms with Crippen LogP contribution >= 0.6 is 11.6 Å². The van der Waals surface area contributed by atoms with Gasteiger partial charge >= 0.3 is 0 Å². The summed E-state index contributed by atoms with van der Waals surface area (Å²) in [4.78, 5) is 25.1. The highest BCUT2D eigenvalue weighted by Crippen LogP contribution is 2.20. The minimum atomic E-state index is -0.964. The summed E-state index contributed by atoms with van der Waals surface area (Å²) in [6.07, 6.45) is 0.119. The van der Waals surface area contributed by atoms with E-state index in [-0.39, 0.29) is 24.8 Å². The second-order valence-electron chi connectivity index (χ2n) is 6.07. The SMILES string of the molecule is CC(=O)NC(CC(=O)N(C)CC(C)(C)O)c1ccc(Cl)cc1. The van der Waals surface area contributed by atoms with E-state index in [1.54, 1.807) is 45.2 Å². The maximum atomic E-state index is 12.3. The fourth-order valence-corrected chi connectivity index (χ4v) is 2.32. The molecule has 1 rings (SSSR count). The van der Waals surface area contributed by atoms with Gasteiger partial charge in [0.25, 0.3) is 0 Å². The molecule has 1 unspecified atom stereocenters. The number of aliphatic hydroxyl groups is 1. The van der Waals surface area contributed by atoms with E-state index in [0.717, 1.165) is 5.56 Å². The van der Waals surface area contributed by atoms with Gasteiger partial charge in [0.2, 0.25) is 11.8 Å². The third kappa shape index (κ3) is 6.45. The Labute approximate surface area is 136 Å². The van der Waals surface area contributed by atoms with Gasteiger partial charge in [0, 0.05) is 25.5 Å². The van der Waals surface area contributed by atoms with Crippen LogP contribution in [-0.4, -0.2) is 41.0 Å². The van der Waals surface area contributed by atoms with Gasteiger partial charge in [0.1, 0.15) is 0 Å². The summed E-state index contributed by atoms with van der Waals surface area (Å²) >= 11 is 5.86. The van der Waals surface area contributed by atoms with Crippen molar-refractivity contribution in [3.63, 3.8) is 0 Å². The average molecular weight is 327 g/mol. The molecule has 0 fully saturated rings. The molecule has 1 atom stereocenters. The number of amides is 2. The molecule has 6 heteroatoms. The van der Waals surface area contributed by atoms with E-state index in [4.69, 9.17) is 11.6 Å². The highest BCUT2D eigenvalue weighted by Gasteiger charge is 2.23. The summed E-state index contributed by atoms with van der Waals surface area (Å²) in [6.45, 7) is 4.91. The van der Waals surface area contributed by atoms with Crippen LogP contribution in [-0.2, 0) is 9.59 Å². The summed E-state index contributed by atoms with van der Waals surface area (Å²) in [5.74, 6) is -0.367. The zero-order valence-electron chi connectivity index (χ0n) is 13.4. The van der Waals surface area contributed by atoms with Gasteiger partial charge in [-0.25, -0.2) is 0 Å². The molecule has 0 spiro atoms. The van der Waals surface area contributed by atoms with E-state index in [1.165, 1.54) is 11.8 Å². The molecule has 2 amide bonds. The molecule has 1 aromatic rings. The number of likely N-dealkylation sites (N-methyl/N-ethyl adjacent to an activating group) is 1. The van der Waals surface area contributed by atoms with Gasteiger partial charge in [-0.05, 0) is 31.5 Å². The van der Waals surface area contributed by atoms with Crippen molar-refractivity contribution in [1.82, 2.24) is 10.2 Å². The molecule has 0 saturated carbocycles. The van der Waals surface area contributed by atoms with Crippen LogP contribution in [0.4, 0.5) is 0 Å². The van der Waals surface area contributed by atoms with Crippen molar-refractivity contribution in [3.8, 4) is 0 Å². The number of hydrogen-bond donors (Lipinski definition) is 2. The minimum absolute atomic E-state index is 0.119. The number of halogens is 1. The van der Waals surface area contributed by atoms with E-state index in [1.807, 2.05) is 0 Å². The lowest BCUT2D eigenvalue weighted by atomic mass is 10.0. The number of carbonyl (C=O) groups excluding carboxylic acids is 2. The van der Waals surface area contributed by atoms with Gasteiger partial charge in [-0.3, -0.25) is 9.59 Å². The molecule has 0 aliphatic heterocycles. The van der Waals surface area contributed by atoms with Crippen LogP contribution in [0.1, 0.15) is 38.8 Å². The highest BCUT2D eigenvalue weighted by atomic mass is 35.5. The van der Waals surface area contributed by atoms with Crippen LogP contribution in [0.3, 0.4) is 0 Å². The molecule has 0 bridgehead atoms. The van der Waals surface area contributed by atoms with E-state index >= 15 is 0 Å². The second kappa shape index (κ2) is 7.61. The Kier molecular flexibility index (Phi) is 6.38. The lowest BCUT2D eigenvalue weighted by Gasteiger charge is -2.27. The predicted octanol–water partition coefficient (Wildman–Crippen LogP) is 2.14. The summed E-state index contributed by atoms with van der Waals surface area (Å²) in [7, 11) is 1.63. The minimum Gasteiger partial charge on any atom is -0.389 e. The summed E-state index contributed by atoms with van der Waals surface area (Å²) in [5, 5.41) is 13.2. The number of nitrogens with zero attached hydrogens (tertiary/aromatic N) is 1. The molecule has 0 aliphatic rings. The van der Waals surface area contributed by atoms with Crippen molar-refractivity contribution in [3.05, 3.63) is 34.9 Å². The van der Waals surface area contributed by atoms with Crippen LogP contribution in [0.5, 0.6) is 0 Å². The lowest BCUT2D eigenvalue weighted by molar-refractivity contribution is -0.133. The maximum Gasteiger partial charge on any atom is 0.224 e. The van der Waals surface area contributed by atoms with E-state index in [2.05, 4.69) is 5.32 Å². The maximum absolute atomic E-state index is 12.3. The summed E-state index contributed by atoms with van der Waals surface area (Å²) < 4.78 is 0. The van der Waals surface area contributed by atoms with Crippen LogP contribution in [0.2, 0.25) is 5.02 Å². The van der Waals surface area contributed by atoms with Crippen molar-refractivity contribution in [2.45, 2.75) is 38.8 Å². The number of nitrogens with one attached hydrogen (secondary N) is 1. The highest BCUT2D eigenvalue weighted by molar-refractivity contribution is 6.30.